The smallest absolute Gasteiger partial charge is 0.218 e. The van der Waals surface area contributed by atoms with Gasteiger partial charge in [0.05, 0.1) is 5.75 Å². The number of hydrogen-bond donors (Lipinski definition) is 1. The average molecular weight is 254 g/mol. The SMILES string of the molecule is O=S(=O)(Cc1ccccc1)N1CCCNCC1. The molecule has 0 amide bonds. The maximum Gasteiger partial charge on any atom is 0.218 e. The lowest BCUT2D eigenvalue weighted by atomic mass is 10.2. The summed E-state index contributed by atoms with van der Waals surface area (Å²) in [4.78, 5) is 0. The van der Waals surface area contributed by atoms with E-state index in [4.69, 9.17) is 0 Å². The Morgan fingerprint density at radius 2 is 1.88 bits per heavy atom. The van der Waals surface area contributed by atoms with Crippen LogP contribution in [0.1, 0.15) is 12.0 Å². The molecule has 0 saturated carbocycles. The topological polar surface area (TPSA) is 49.4 Å². The fourth-order valence-corrected chi connectivity index (χ4v) is 3.55. The number of sulfonamides is 1. The van der Waals surface area contributed by atoms with Crippen LogP contribution in [0.3, 0.4) is 0 Å². The monoisotopic (exact) mass is 254 g/mol. The minimum Gasteiger partial charge on any atom is -0.315 e. The summed E-state index contributed by atoms with van der Waals surface area (Å²) in [7, 11) is -3.17. The van der Waals surface area contributed by atoms with Gasteiger partial charge in [-0.2, -0.15) is 0 Å². The number of benzene rings is 1. The Balaban J connectivity index is 2.07. The van der Waals surface area contributed by atoms with Crippen LogP contribution >= 0.6 is 0 Å². The van der Waals surface area contributed by atoms with Gasteiger partial charge in [-0.25, -0.2) is 12.7 Å². The van der Waals surface area contributed by atoms with Crippen LogP contribution in [0.15, 0.2) is 30.3 Å². The predicted octanol–water partition coefficient (Wildman–Crippen LogP) is 0.812. The molecule has 0 aliphatic carbocycles. The van der Waals surface area contributed by atoms with Gasteiger partial charge in [-0.15, -0.1) is 0 Å². The van der Waals surface area contributed by atoms with Gasteiger partial charge in [0.2, 0.25) is 10.0 Å². The van der Waals surface area contributed by atoms with E-state index >= 15 is 0 Å². The zero-order valence-corrected chi connectivity index (χ0v) is 10.6. The number of rotatable bonds is 3. The highest BCUT2D eigenvalue weighted by Gasteiger charge is 2.22. The average Bonchev–Trinajstić information content (AvgIpc) is 2.58. The summed E-state index contributed by atoms with van der Waals surface area (Å²) in [5, 5.41) is 3.21. The van der Waals surface area contributed by atoms with E-state index in [-0.39, 0.29) is 5.75 Å². The quantitative estimate of drug-likeness (QED) is 0.868. The molecule has 1 saturated heterocycles. The van der Waals surface area contributed by atoms with Crippen molar-refractivity contribution in [2.24, 2.45) is 0 Å². The van der Waals surface area contributed by atoms with E-state index < -0.39 is 10.0 Å². The van der Waals surface area contributed by atoms with Gasteiger partial charge in [0.1, 0.15) is 0 Å². The highest BCUT2D eigenvalue weighted by atomic mass is 32.2. The molecule has 0 spiro atoms. The van der Waals surface area contributed by atoms with Crippen molar-refractivity contribution in [3.63, 3.8) is 0 Å². The van der Waals surface area contributed by atoms with Crippen molar-refractivity contribution in [3.8, 4) is 0 Å². The molecule has 1 heterocycles. The van der Waals surface area contributed by atoms with Crippen molar-refractivity contribution in [3.05, 3.63) is 35.9 Å². The van der Waals surface area contributed by atoms with Crippen molar-refractivity contribution in [2.75, 3.05) is 26.2 Å². The van der Waals surface area contributed by atoms with Gasteiger partial charge in [-0.05, 0) is 18.5 Å². The van der Waals surface area contributed by atoms with Gasteiger partial charge in [0, 0.05) is 19.6 Å². The lowest BCUT2D eigenvalue weighted by Gasteiger charge is -2.19. The largest absolute Gasteiger partial charge is 0.315 e. The van der Waals surface area contributed by atoms with Crippen LogP contribution in [-0.4, -0.2) is 38.9 Å². The molecule has 0 atom stereocenters. The highest BCUT2D eigenvalue weighted by molar-refractivity contribution is 7.88. The molecule has 1 aromatic rings. The first-order valence-electron chi connectivity index (χ1n) is 5.91. The number of nitrogens with zero attached hydrogens (tertiary/aromatic N) is 1. The van der Waals surface area contributed by atoms with Crippen LogP contribution in [0.4, 0.5) is 0 Å². The van der Waals surface area contributed by atoms with Gasteiger partial charge in [0.15, 0.2) is 0 Å². The Kier molecular flexibility index (Phi) is 4.15. The van der Waals surface area contributed by atoms with E-state index in [9.17, 15) is 8.42 Å². The Morgan fingerprint density at radius 3 is 2.65 bits per heavy atom. The summed E-state index contributed by atoms with van der Waals surface area (Å²) < 4.78 is 26.0. The molecule has 0 aromatic heterocycles. The molecule has 0 bridgehead atoms. The molecule has 94 valence electrons. The molecule has 0 unspecified atom stereocenters. The summed E-state index contributed by atoms with van der Waals surface area (Å²) in [5.41, 5.74) is 0.852. The molecular weight excluding hydrogens is 236 g/mol. The van der Waals surface area contributed by atoms with Crippen LogP contribution in [0.25, 0.3) is 0 Å². The summed E-state index contributed by atoms with van der Waals surface area (Å²) in [6.45, 7) is 2.85. The molecular formula is C12H18N2O2S. The second-order valence-electron chi connectivity index (χ2n) is 4.24. The van der Waals surface area contributed by atoms with E-state index in [1.807, 2.05) is 30.3 Å². The molecule has 2 rings (SSSR count). The fourth-order valence-electron chi connectivity index (χ4n) is 1.98. The second kappa shape index (κ2) is 5.62. The van der Waals surface area contributed by atoms with Crippen molar-refractivity contribution in [1.29, 1.82) is 0 Å². The maximum atomic E-state index is 12.2. The van der Waals surface area contributed by atoms with Crippen LogP contribution in [-0.2, 0) is 15.8 Å². The minimum atomic E-state index is -3.17. The maximum absolute atomic E-state index is 12.2. The Morgan fingerprint density at radius 1 is 1.12 bits per heavy atom. The highest BCUT2D eigenvalue weighted by Crippen LogP contribution is 2.11. The molecule has 4 nitrogen and oxygen atoms in total. The van der Waals surface area contributed by atoms with Crippen molar-refractivity contribution >= 4 is 10.0 Å². The molecule has 1 fully saturated rings. The molecule has 1 aliphatic rings. The van der Waals surface area contributed by atoms with Crippen molar-refractivity contribution in [1.82, 2.24) is 9.62 Å². The van der Waals surface area contributed by atoms with Crippen LogP contribution in [0.5, 0.6) is 0 Å². The first kappa shape index (κ1) is 12.5. The first-order chi connectivity index (χ1) is 8.18. The molecule has 1 aliphatic heterocycles. The molecule has 1 aromatic carbocycles. The van der Waals surface area contributed by atoms with E-state index in [1.165, 1.54) is 0 Å². The minimum absolute atomic E-state index is 0.105. The zero-order valence-electron chi connectivity index (χ0n) is 9.80. The Bertz CT molecular complexity index is 437. The third-order valence-corrected chi connectivity index (χ3v) is 4.73. The van der Waals surface area contributed by atoms with E-state index in [1.54, 1.807) is 4.31 Å². The van der Waals surface area contributed by atoms with E-state index in [0.29, 0.717) is 13.1 Å². The molecule has 17 heavy (non-hydrogen) atoms. The van der Waals surface area contributed by atoms with Crippen molar-refractivity contribution in [2.45, 2.75) is 12.2 Å². The third kappa shape index (κ3) is 3.52. The lowest BCUT2D eigenvalue weighted by Crippen LogP contribution is -2.35. The van der Waals surface area contributed by atoms with Crippen molar-refractivity contribution < 1.29 is 8.42 Å². The van der Waals surface area contributed by atoms with E-state index in [0.717, 1.165) is 25.1 Å². The normalized spacial score (nSPS) is 18.8. The first-order valence-corrected chi connectivity index (χ1v) is 7.52. The van der Waals surface area contributed by atoms with Crippen LogP contribution in [0, 0.1) is 0 Å². The van der Waals surface area contributed by atoms with Gasteiger partial charge >= 0.3 is 0 Å². The van der Waals surface area contributed by atoms with Gasteiger partial charge in [0.25, 0.3) is 0 Å². The number of hydrogen-bond acceptors (Lipinski definition) is 3. The standard InChI is InChI=1S/C12H18N2O2S/c15-17(16,11-12-5-2-1-3-6-12)14-9-4-7-13-8-10-14/h1-3,5-6,13H,4,7-11H2. The third-order valence-electron chi connectivity index (χ3n) is 2.88. The van der Waals surface area contributed by atoms with Gasteiger partial charge in [-0.1, -0.05) is 30.3 Å². The summed E-state index contributed by atoms with van der Waals surface area (Å²) in [6.07, 6.45) is 0.883. The Labute approximate surface area is 103 Å². The predicted molar refractivity (Wildman–Crippen MR) is 68.1 cm³/mol. The summed E-state index contributed by atoms with van der Waals surface area (Å²) in [5.74, 6) is 0.105. The lowest BCUT2D eigenvalue weighted by molar-refractivity contribution is 0.431. The van der Waals surface area contributed by atoms with Crippen LogP contribution < -0.4 is 5.32 Å². The van der Waals surface area contributed by atoms with Gasteiger partial charge < -0.3 is 5.32 Å². The van der Waals surface area contributed by atoms with Gasteiger partial charge in [-0.3, -0.25) is 0 Å². The second-order valence-corrected chi connectivity index (χ2v) is 6.21. The molecule has 0 radical (unpaired) electrons. The number of nitrogens with one attached hydrogen (secondary N) is 1. The summed E-state index contributed by atoms with van der Waals surface area (Å²) >= 11 is 0. The molecule has 5 heteroatoms. The Hall–Kier alpha value is -0.910. The molecule has 1 N–H and O–H groups in total. The summed E-state index contributed by atoms with van der Waals surface area (Å²) in [6, 6.07) is 9.34. The fraction of sp³-hybridized carbons (Fsp3) is 0.500. The van der Waals surface area contributed by atoms with Crippen LogP contribution in [0.2, 0.25) is 0 Å². The zero-order chi connectivity index (χ0) is 12.1. The van der Waals surface area contributed by atoms with E-state index in [2.05, 4.69) is 5.32 Å².